The van der Waals surface area contributed by atoms with Crippen molar-refractivity contribution in [1.82, 2.24) is 9.21 Å². The molecule has 3 aliphatic heterocycles. The summed E-state index contributed by atoms with van der Waals surface area (Å²) in [5, 5.41) is -0.178. The van der Waals surface area contributed by atoms with Gasteiger partial charge in [-0.15, -0.1) is 0 Å². The van der Waals surface area contributed by atoms with E-state index < -0.39 is 10.0 Å². The molecule has 0 aromatic heterocycles. The van der Waals surface area contributed by atoms with E-state index in [9.17, 15) is 13.2 Å². The first-order valence-corrected chi connectivity index (χ1v) is 9.49. The molecule has 118 valence electrons. The highest BCUT2D eigenvalue weighted by Gasteiger charge is 2.51. The number of ether oxygens (including phenoxy) is 1. The van der Waals surface area contributed by atoms with E-state index >= 15 is 0 Å². The van der Waals surface area contributed by atoms with Crippen molar-refractivity contribution in [3.8, 4) is 0 Å². The van der Waals surface area contributed by atoms with E-state index in [0.29, 0.717) is 19.5 Å². The number of hydrogen-bond donors (Lipinski definition) is 0. The summed E-state index contributed by atoms with van der Waals surface area (Å²) < 4.78 is 32.2. The molecule has 1 saturated carbocycles. The monoisotopic (exact) mass is 314 g/mol. The van der Waals surface area contributed by atoms with E-state index in [0.717, 1.165) is 38.8 Å². The third-order valence-electron chi connectivity index (χ3n) is 5.16. The molecule has 1 aliphatic carbocycles. The van der Waals surface area contributed by atoms with Gasteiger partial charge in [0.2, 0.25) is 15.9 Å². The van der Waals surface area contributed by atoms with Gasteiger partial charge < -0.3 is 9.64 Å². The summed E-state index contributed by atoms with van der Waals surface area (Å²) in [7, 11) is -3.15. The van der Waals surface area contributed by atoms with Crippen LogP contribution in [0.5, 0.6) is 0 Å². The van der Waals surface area contributed by atoms with Crippen LogP contribution in [0.3, 0.4) is 0 Å². The average molecular weight is 314 g/mol. The van der Waals surface area contributed by atoms with Gasteiger partial charge >= 0.3 is 0 Å². The number of sulfonamides is 1. The van der Waals surface area contributed by atoms with E-state index in [1.807, 2.05) is 4.90 Å². The molecule has 2 bridgehead atoms. The van der Waals surface area contributed by atoms with Crippen molar-refractivity contribution in [2.24, 2.45) is 5.92 Å². The van der Waals surface area contributed by atoms with Crippen LogP contribution >= 0.6 is 0 Å². The molecule has 21 heavy (non-hydrogen) atoms. The van der Waals surface area contributed by atoms with Crippen LogP contribution in [0.15, 0.2) is 0 Å². The lowest BCUT2D eigenvalue weighted by molar-refractivity contribution is -0.136. The van der Waals surface area contributed by atoms with Gasteiger partial charge in [-0.1, -0.05) is 0 Å². The van der Waals surface area contributed by atoms with E-state index in [-0.39, 0.29) is 29.3 Å². The molecule has 0 radical (unpaired) electrons. The second-order valence-electron chi connectivity index (χ2n) is 6.73. The molecule has 7 heteroatoms. The zero-order chi connectivity index (χ0) is 14.6. The van der Waals surface area contributed by atoms with Gasteiger partial charge in [0.15, 0.2) is 0 Å². The number of carbonyl (C=O) groups excluding carboxylic acids is 1. The summed E-state index contributed by atoms with van der Waals surface area (Å²) >= 11 is 0. The maximum absolute atomic E-state index is 12.6. The Balaban J connectivity index is 1.48. The lowest BCUT2D eigenvalue weighted by Gasteiger charge is -2.32. The summed E-state index contributed by atoms with van der Waals surface area (Å²) in [6, 6.07) is 0. The van der Waals surface area contributed by atoms with E-state index in [4.69, 9.17) is 4.74 Å². The van der Waals surface area contributed by atoms with E-state index in [1.165, 1.54) is 0 Å². The standard InChI is InChI=1S/C14H22N2O4S/c17-14(15-5-1-2-6-15)12-7-10-8-16(9-13(12)20-10)21(18,19)11-3-4-11/h10-13H,1-9H2/t10-,12+,13-/m0/s1. The number of fused-ring (bicyclic) bond motifs is 2. The highest BCUT2D eigenvalue weighted by molar-refractivity contribution is 7.90. The van der Waals surface area contributed by atoms with Gasteiger partial charge in [-0.3, -0.25) is 4.79 Å². The molecule has 3 saturated heterocycles. The lowest BCUT2D eigenvalue weighted by Crippen LogP contribution is -2.49. The number of amides is 1. The third-order valence-corrected chi connectivity index (χ3v) is 7.50. The van der Waals surface area contributed by atoms with Crippen molar-refractivity contribution in [2.45, 2.75) is 49.6 Å². The largest absolute Gasteiger partial charge is 0.371 e. The van der Waals surface area contributed by atoms with Crippen molar-refractivity contribution in [3.63, 3.8) is 0 Å². The summed E-state index contributed by atoms with van der Waals surface area (Å²) in [5.41, 5.74) is 0. The molecule has 6 nitrogen and oxygen atoms in total. The summed E-state index contributed by atoms with van der Waals surface area (Å²) in [5.74, 6) is 0.0261. The van der Waals surface area contributed by atoms with Gasteiger partial charge in [-0.2, -0.15) is 4.31 Å². The minimum Gasteiger partial charge on any atom is -0.371 e. The summed E-state index contributed by atoms with van der Waals surface area (Å²) in [6.45, 7) is 2.48. The summed E-state index contributed by atoms with van der Waals surface area (Å²) in [6.07, 6.45) is 4.05. The molecular formula is C14H22N2O4S. The van der Waals surface area contributed by atoms with Gasteiger partial charge in [0.25, 0.3) is 0 Å². The third kappa shape index (κ3) is 2.39. The first-order chi connectivity index (χ1) is 10.1. The van der Waals surface area contributed by atoms with Crippen molar-refractivity contribution in [1.29, 1.82) is 0 Å². The van der Waals surface area contributed by atoms with Crippen molar-refractivity contribution in [2.75, 3.05) is 26.2 Å². The summed E-state index contributed by atoms with van der Waals surface area (Å²) in [4.78, 5) is 14.5. The van der Waals surface area contributed by atoms with Gasteiger partial charge in [0.05, 0.1) is 23.4 Å². The van der Waals surface area contributed by atoms with Gasteiger partial charge in [-0.25, -0.2) is 8.42 Å². The first-order valence-electron chi connectivity index (χ1n) is 7.99. The highest BCUT2D eigenvalue weighted by Crippen LogP contribution is 2.38. The number of likely N-dealkylation sites (tertiary alicyclic amines) is 1. The Hall–Kier alpha value is -0.660. The predicted octanol–water partition coefficient (Wildman–Crippen LogP) is 0.190. The van der Waals surface area contributed by atoms with Gasteiger partial charge in [0, 0.05) is 26.2 Å². The maximum atomic E-state index is 12.6. The molecule has 4 rings (SSSR count). The number of carbonyl (C=O) groups is 1. The fourth-order valence-corrected chi connectivity index (χ4v) is 5.72. The average Bonchev–Trinajstić information content (AvgIpc) is 3.12. The minimum absolute atomic E-state index is 0.103. The van der Waals surface area contributed by atoms with Crippen molar-refractivity contribution in [3.05, 3.63) is 0 Å². The molecule has 4 aliphatic rings. The van der Waals surface area contributed by atoms with Crippen LogP contribution in [0.1, 0.15) is 32.1 Å². The maximum Gasteiger partial charge on any atom is 0.228 e. The number of nitrogens with zero attached hydrogens (tertiary/aromatic N) is 2. The number of rotatable bonds is 3. The van der Waals surface area contributed by atoms with Crippen molar-refractivity contribution < 1.29 is 17.9 Å². The van der Waals surface area contributed by atoms with E-state index in [2.05, 4.69) is 0 Å². The van der Waals surface area contributed by atoms with Crippen LogP contribution in [-0.4, -0.2) is 67.2 Å². The molecule has 0 unspecified atom stereocenters. The van der Waals surface area contributed by atoms with Crippen LogP contribution < -0.4 is 0 Å². The quantitative estimate of drug-likeness (QED) is 0.746. The van der Waals surface area contributed by atoms with Crippen LogP contribution in [0.4, 0.5) is 0 Å². The molecule has 0 N–H and O–H groups in total. The zero-order valence-corrected chi connectivity index (χ0v) is 12.9. The molecule has 0 aromatic carbocycles. The zero-order valence-electron chi connectivity index (χ0n) is 12.1. The molecule has 0 spiro atoms. The minimum atomic E-state index is -3.15. The Morgan fingerprint density at radius 2 is 1.81 bits per heavy atom. The van der Waals surface area contributed by atoms with Crippen LogP contribution in [0.25, 0.3) is 0 Å². The Morgan fingerprint density at radius 3 is 2.48 bits per heavy atom. The predicted molar refractivity (Wildman–Crippen MR) is 76.1 cm³/mol. The Labute approximate surface area is 125 Å². The molecule has 4 fully saturated rings. The van der Waals surface area contributed by atoms with E-state index in [1.54, 1.807) is 4.31 Å². The van der Waals surface area contributed by atoms with Gasteiger partial charge in [0.1, 0.15) is 0 Å². The topological polar surface area (TPSA) is 66.9 Å². The molecule has 1 amide bonds. The van der Waals surface area contributed by atoms with Crippen LogP contribution in [-0.2, 0) is 19.6 Å². The second-order valence-corrected chi connectivity index (χ2v) is 8.95. The fraction of sp³-hybridized carbons (Fsp3) is 0.929. The van der Waals surface area contributed by atoms with Crippen LogP contribution in [0.2, 0.25) is 0 Å². The number of morpholine rings is 1. The fourth-order valence-electron chi connectivity index (χ4n) is 3.84. The van der Waals surface area contributed by atoms with Crippen molar-refractivity contribution >= 4 is 15.9 Å². The van der Waals surface area contributed by atoms with Gasteiger partial charge in [-0.05, 0) is 32.1 Å². The normalized spacial score (nSPS) is 37.1. The Bertz CT molecular complexity index is 539. The first kappa shape index (κ1) is 14.0. The van der Waals surface area contributed by atoms with Crippen LogP contribution in [0, 0.1) is 5.92 Å². The SMILES string of the molecule is O=C([C@@H]1C[C@H]2CN(S(=O)(=O)C3CC3)C[C@@H]1O2)N1CCCC1. The molecule has 3 atom stereocenters. The second kappa shape index (κ2) is 4.93. The lowest BCUT2D eigenvalue weighted by atomic mass is 9.99. The Kier molecular flexibility index (Phi) is 3.28. The molecular weight excluding hydrogens is 292 g/mol. The number of hydrogen-bond acceptors (Lipinski definition) is 4. The molecule has 0 aromatic rings. The smallest absolute Gasteiger partial charge is 0.228 e. The highest BCUT2D eigenvalue weighted by atomic mass is 32.2. The Morgan fingerprint density at radius 1 is 1.10 bits per heavy atom. The molecule has 3 heterocycles.